The maximum absolute atomic E-state index is 6.51. The van der Waals surface area contributed by atoms with E-state index in [1.165, 1.54) is 59.6 Å². The van der Waals surface area contributed by atoms with Crippen LogP contribution in [-0.4, -0.2) is 0 Å². The number of furan rings is 2. The first-order chi connectivity index (χ1) is 27.3. The van der Waals surface area contributed by atoms with Crippen molar-refractivity contribution in [1.29, 1.82) is 0 Å². The van der Waals surface area contributed by atoms with Crippen LogP contribution in [0.1, 0.15) is 43.6 Å². The van der Waals surface area contributed by atoms with E-state index in [1.54, 1.807) is 0 Å². The quantitative estimate of drug-likeness (QED) is 0.172. The van der Waals surface area contributed by atoms with E-state index in [0.717, 1.165) is 72.1 Å². The van der Waals surface area contributed by atoms with Crippen LogP contribution in [0, 0.1) is 0 Å². The number of rotatable bonds is 6. The maximum atomic E-state index is 6.51. The summed E-state index contributed by atoms with van der Waals surface area (Å²) in [6.07, 6.45) is 6.44. The Balaban J connectivity index is 1.18. The molecule has 0 radical (unpaired) electrons. The standard InChI is InChI=1S/C52H39NO2/c1-2-15-34(16-3-1)38-24-11-17-35-18-12-26-41(50(35)38)40-21-4-7-27-44(40)53(45-28-14-32-49-52(45)43-23-6-9-30-47(43)55-49)37-20-10-19-36(33-37)39-25-13-31-48-51(39)42-22-5-8-29-46(42)54-48/h4-14,17-34H,1-3,15-16H2. The summed E-state index contributed by atoms with van der Waals surface area (Å²) < 4.78 is 12.9. The summed E-state index contributed by atoms with van der Waals surface area (Å²) in [7, 11) is 0. The Bertz CT molecular complexity index is 3040. The van der Waals surface area contributed by atoms with Crippen molar-refractivity contribution in [3.8, 4) is 22.3 Å². The highest BCUT2D eigenvalue weighted by Crippen LogP contribution is 2.49. The number of benzene rings is 8. The molecule has 0 unspecified atom stereocenters. The van der Waals surface area contributed by atoms with Gasteiger partial charge in [-0.1, -0.05) is 141 Å². The molecule has 3 heteroatoms. The predicted molar refractivity (Wildman–Crippen MR) is 230 cm³/mol. The topological polar surface area (TPSA) is 29.5 Å². The molecule has 1 fully saturated rings. The Morgan fingerprint density at radius 3 is 1.82 bits per heavy atom. The van der Waals surface area contributed by atoms with Crippen LogP contribution in [0.4, 0.5) is 17.1 Å². The summed E-state index contributed by atoms with van der Waals surface area (Å²) in [6, 6.07) is 61.3. The zero-order chi connectivity index (χ0) is 36.3. The molecule has 11 rings (SSSR count). The van der Waals surface area contributed by atoms with Gasteiger partial charge >= 0.3 is 0 Å². The summed E-state index contributed by atoms with van der Waals surface area (Å²) in [5.41, 5.74) is 13.1. The van der Waals surface area contributed by atoms with Gasteiger partial charge in [0.2, 0.25) is 0 Å². The summed E-state index contributed by atoms with van der Waals surface area (Å²) in [6.45, 7) is 0. The molecule has 264 valence electrons. The normalized spacial score (nSPS) is 13.7. The summed E-state index contributed by atoms with van der Waals surface area (Å²) in [5.74, 6) is 0.575. The molecule has 10 aromatic rings. The maximum Gasteiger partial charge on any atom is 0.137 e. The SMILES string of the molecule is c1cc(-c2cccc3oc4ccccc4c23)cc(N(c2ccccc2-c2cccc3cccc(C4CCCCC4)c23)c2cccc3oc4ccccc4c23)c1. The fraction of sp³-hybridized carbons (Fsp3) is 0.115. The average Bonchev–Trinajstić information content (AvgIpc) is 3.83. The zero-order valence-electron chi connectivity index (χ0n) is 30.5. The van der Waals surface area contributed by atoms with E-state index in [1.807, 2.05) is 12.1 Å². The minimum Gasteiger partial charge on any atom is -0.456 e. The third-order valence-corrected chi connectivity index (χ3v) is 11.9. The second kappa shape index (κ2) is 13.1. The predicted octanol–water partition coefficient (Wildman–Crippen LogP) is 15.5. The van der Waals surface area contributed by atoms with Crippen molar-refractivity contribution >= 4 is 71.7 Å². The Hall–Kier alpha value is -6.58. The van der Waals surface area contributed by atoms with Gasteiger partial charge in [0.1, 0.15) is 22.3 Å². The van der Waals surface area contributed by atoms with Crippen molar-refractivity contribution in [2.45, 2.75) is 38.0 Å². The van der Waals surface area contributed by atoms with Gasteiger partial charge in [-0.2, -0.15) is 0 Å². The molecule has 0 aliphatic heterocycles. The summed E-state index contributed by atoms with van der Waals surface area (Å²) in [5, 5.41) is 7.14. The van der Waals surface area contributed by atoms with Gasteiger partial charge in [-0.25, -0.2) is 0 Å². The summed E-state index contributed by atoms with van der Waals surface area (Å²) in [4.78, 5) is 2.46. The first kappa shape index (κ1) is 31.9. The fourth-order valence-electron chi connectivity index (χ4n) is 9.42. The van der Waals surface area contributed by atoms with Crippen LogP contribution in [0.25, 0.3) is 76.9 Å². The fourth-order valence-corrected chi connectivity index (χ4v) is 9.42. The molecule has 0 N–H and O–H groups in total. The van der Waals surface area contributed by atoms with Crippen LogP contribution in [0.15, 0.2) is 179 Å². The van der Waals surface area contributed by atoms with Crippen molar-refractivity contribution < 1.29 is 8.83 Å². The lowest BCUT2D eigenvalue weighted by atomic mass is 9.80. The van der Waals surface area contributed by atoms with E-state index in [2.05, 4.69) is 163 Å². The molecular formula is C52H39NO2. The highest BCUT2D eigenvalue weighted by atomic mass is 16.3. The number of anilines is 3. The Morgan fingerprint density at radius 2 is 1.00 bits per heavy atom. The van der Waals surface area contributed by atoms with Crippen LogP contribution in [-0.2, 0) is 0 Å². The average molecular weight is 710 g/mol. The molecule has 1 aliphatic carbocycles. The third-order valence-electron chi connectivity index (χ3n) is 11.9. The Labute approximate surface area is 320 Å². The summed E-state index contributed by atoms with van der Waals surface area (Å²) >= 11 is 0. The van der Waals surface area contributed by atoms with Crippen LogP contribution in [0.5, 0.6) is 0 Å². The van der Waals surface area contributed by atoms with Crippen molar-refractivity contribution in [1.82, 2.24) is 0 Å². The number of fused-ring (bicyclic) bond motifs is 7. The molecule has 0 amide bonds. The second-order valence-corrected chi connectivity index (χ2v) is 15.0. The van der Waals surface area contributed by atoms with Gasteiger partial charge in [0.05, 0.1) is 16.8 Å². The molecule has 2 heterocycles. The van der Waals surface area contributed by atoms with Gasteiger partial charge in [-0.05, 0) is 100 Å². The minimum absolute atomic E-state index is 0.575. The molecule has 0 spiro atoms. The van der Waals surface area contributed by atoms with Crippen molar-refractivity contribution in [2.75, 3.05) is 4.90 Å². The lowest BCUT2D eigenvalue weighted by molar-refractivity contribution is 0.445. The van der Waals surface area contributed by atoms with E-state index < -0.39 is 0 Å². The monoisotopic (exact) mass is 709 g/mol. The number of nitrogens with zero attached hydrogens (tertiary/aromatic N) is 1. The van der Waals surface area contributed by atoms with Gasteiger partial charge in [0.25, 0.3) is 0 Å². The zero-order valence-corrected chi connectivity index (χ0v) is 30.5. The number of hydrogen-bond donors (Lipinski definition) is 0. The van der Waals surface area contributed by atoms with E-state index in [0.29, 0.717) is 5.92 Å². The largest absolute Gasteiger partial charge is 0.456 e. The molecule has 8 aromatic carbocycles. The van der Waals surface area contributed by atoms with Gasteiger partial charge < -0.3 is 13.7 Å². The smallest absolute Gasteiger partial charge is 0.137 e. The molecule has 55 heavy (non-hydrogen) atoms. The van der Waals surface area contributed by atoms with Crippen molar-refractivity contribution in [3.05, 3.63) is 175 Å². The molecular weight excluding hydrogens is 671 g/mol. The van der Waals surface area contributed by atoms with Crippen LogP contribution >= 0.6 is 0 Å². The lowest BCUT2D eigenvalue weighted by Crippen LogP contribution is -2.12. The van der Waals surface area contributed by atoms with Crippen LogP contribution in [0.2, 0.25) is 0 Å². The van der Waals surface area contributed by atoms with E-state index in [-0.39, 0.29) is 0 Å². The van der Waals surface area contributed by atoms with E-state index >= 15 is 0 Å². The number of para-hydroxylation sites is 3. The van der Waals surface area contributed by atoms with Crippen molar-refractivity contribution in [3.63, 3.8) is 0 Å². The van der Waals surface area contributed by atoms with E-state index in [4.69, 9.17) is 8.83 Å². The highest BCUT2D eigenvalue weighted by molar-refractivity contribution is 6.15. The molecule has 0 atom stereocenters. The molecule has 2 aromatic heterocycles. The van der Waals surface area contributed by atoms with Gasteiger partial charge in [-0.15, -0.1) is 0 Å². The van der Waals surface area contributed by atoms with Crippen molar-refractivity contribution in [2.24, 2.45) is 0 Å². The van der Waals surface area contributed by atoms with Gasteiger partial charge in [0, 0.05) is 27.4 Å². The molecule has 1 saturated carbocycles. The molecule has 0 saturated heterocycles. The van der Waals surface area contributed by atoms with Gasteiger partial charge in [-0.3, -0.25) is 0 Å². The number of hydrogen-bond acceptors (Lipinski definition) is 3. The lowest BCUT2D eigenvalue weighted by Gasteiger charge is -2.30. The first-order valence-corrected chi connectivity index (χ1v) is 19.6. The van der Waals surface area contributed by atoms with Crippen LogP contribution in [0.3, 0.4) is 0 Å². The highest BCUT2D eigenvalue weighted by Gasteiger charge is 2.25. The third kappa shape index (κ3) is 5.26. The van der Waals surface area contributed by atoms with E-state index in [9.17, 15) is 0 Å². The Kier molecular flexibility index (Phi) is 7.58. The first-order valence-electron chi connectivity index (χ1n) is 19.6. The molecule has 1 aliphatic rings. The molecule has 0 bridgehead atoms. The molecule has 3 nitrogen and oxygen atoms in total. The van der Waals surface area contributed by atoms with Crippen LogP contribution < -0.4 is 4.90 Å². The van der Waals surface area contributed by atoms with Gasteiger partial charge in [0.15, 0.2) is 0 Å². The Morgan fingerprint density at radius 1 is 0.418 bits per heavy atom. The second-order valence-electron chi connectivity index (χ2n) is 15.0. The minimum atomic E-state index is 0.575.